The number of aromatic nitrogens is 2. The predicted molar refractivity (Wildman–Crippen MR) is 76.0 cm³/mol. The van der Waals surface area contributed by atoms with Crippen molar-refractivity contribution in [3.8, 4) is 0 Å². The van der Waals surface area contributed by atoms with Gasteiger partial charge in [-0.2, -0.15) is 0 Å². The molecule has 0 radical (unpaired) electrons. The van der Waals surface area contributed by atoms with Gasteiger partial charge in [-0.3, -0.25) is 0 Å². The monoisotopic (exact) mass is 271 g/mol. The number of ether oxygens (including phenoxy) is 1. The highest BCUT2D eigenvalue weighted by molar-refractivity contribution is 7.11. The molecule has 0 aliphatic carbocycles. The van der Waals surface area contributed by atoms with E-state index in [-0.39, 0.29) is 5.60 Å². The van der Waals surface area contributed by atoms with Crippen LogP contribution in [0.1, 0.15) is 44.1 Å². The summed E-state index contributed by atoms with van der Waals surface area (Å²) < 4.78 is 5.40. The van der Waals surface area contributed by atoms with Crippen LogP contribution in [0.5, 0.6) is 0 Å². The summed E-state index contributed by atoms with van der Waals surface area (Å²) in [7, 11) is 1.71. The Balaban J connectivity index is 2.32. The van der Waals surface area contributed by atoms with Crippen molar-refractivity contribution >= 4 is 11.3 Å². The molecule has 0 fully saturated rings. The number of nitrogens with one attached hydrogen (secondary N) is 1. The van der Waals surface area contributed by atoms with Crippen molar-refractivity contribution in [3.05, 3.63) is 10.0 Å². The van der Waals surface area contributed by atoms with Gasteiger partial charge in [0.1, 0.15) is 15.6 Å². The van der Waals surface area contributed by atoms with Crippen LogP contribution < -0.4 is 5.32 Å². The largest absolute Gasteiger partial charge is 0.372 e. The molecule has 0 bridgehead atoms. The molecule has 5 heteroatoms. The summed E-state index contributed by atoms with van der Waals surface area (Å²) in [5, 5.41) is 13.9. The van der Waals surface area contributed by atoms with Crippen molar-refractivity contribution in [1.29, 1.82) is 0 Å². The average Bonchev–Trinajstić information content (AvgIpc) is 2.77. The lowest BCUT2D eigenvalue weighted by Crippen LogP contribution is -2.21. The third-order valence-electron chi connectivity index (χ3n) is 2.79. The first-order valence-electron chi connectivity index (χ1n) is 6.54. The molecule has 0 aromatic carbocycles. The maximum absolute atomic E-state index is 5.40. The second-order valence-corrected chi connectivity index (χ2v) is 6.48. The van der Waals surface area contributed by atoms with Crippen LogP contribution in [0.15, 0.2) is 0 Å². The first-order chi connectivity index (χ1) is 8.45. The maximum atomic E-state index is 5.40. The fourth-order valence-electron chi connectivity index (χ4n) is 1.44. The summed E-state index contributed by atoms with van der Waals surface area (Å²) in [6, 6.07) is 0. The number of nitrogens with zero attached hydrogens (tertiary/aromatic N) is 2. The summed E-state index contributed by atoms with van der Waals surface area (Å²) in [5.41, 5.74) is -0.328. The Morgan fingerprint density at radius 3 is 2.67 bits per heavy atom. The van der Waals surface area contributed by atoms with Crippen LogP contribution in [0.25, 0.3) is 0 Å². The zero-order valence-electron chi connectivity index (χ0n) is 12.1. The van der Waals surface area contributed by atoms with Gasteiger partial charge in [-0.25, -0.2) is 0 Å². The Morgan fingerprint density at radius 2 is 2.06 bits per heavy atom. The van der Waals surface area contributed by atoms with Crippen molar-refractivity contribution in [2.24, 2.45) is 5.92 Å². The summed E-state index contributed by atoms with van der Waals surface area (Å²) in [5.74, 6) is 0.709. The Hall–Kier alpha value is -0.520. The molecule has 0 saturated carbocycles. The van der Waals surface area contributed by atoms with Crippen LogP contribution in [-0.2, 0) is 16.8 Å². The highest BCUT2D eigenvalue weighted by Crippen LogP contribution is 2.26. The van der Waals surface area contributed by atoms with Gasteiger partial charge in [0.2, 0.25) is 0 Å². The van der Waals surface area contributed by atoms with Crippen molar-refractivity contribution in [2.45, 2.75) is 46.1 Å². The zero-order valence-corrected chi connectivity index (χ0v) is 12.9. The van der Waals surface area contributed by atoms with Crippen LogP contribution in [0.2, 0.25) is 0 Å². The SMILES string of the molecule is COC(C)(C)c1nnc(CCCNCC(C)C)s1. The Bertz CT molecular complexity index is 350. The van der Waals surface area contributed by atoms with Crippen molar-refractivity contribution in [3.63, 3.8) is 0 Å². The van der Waals surface area contributed by atoms with Gasteiger partial charge >= 0.3 is 0 Å². The number of aryl methyl sites for hydroxylation is 1. The second kappa shape index (κ2) is 7.16. The number of methoxy groups -OCH3 is 1. The molecule has 0 amide bonds. The zero-order chi connectivity index (χ0) is 13.6. The van der Waals surface area contributed by atoms with Gasteiger partial charge in [0.25, 0.3) is 0 Å². The highest BCUT2D eigenvalue weighted by Gasteiger charge is 2.24. The first kappa shape index (κ1) is 15.5. The van der Waals surface area contributed by atoms with E-state index in [9.17, 15) is 0 Å². The standard InChI is InChI=1S/C13H25N3OS/c1-10(2)9-14-8-6-7-11-15-16-12(18-11)13(3,4)17-5/h10,14H,6-9H2,1-5H3. The Kier molecular flexibility index (Phi) is 6.18. The van der Waals surface area contributed by atoms with Crippen LogP contribution in [0.4, 0.5) is 0 Å². The third kappa shape index (κ3) is 5.00. The minimum atomic E-state index is -0.328. The van der Waals surface area contributed by atoms with E-state index in [1.165, 1.54) is 0 Å². The summed E-state index contributed by atoms with van der Waals surface area (Å²) in [6.07, 6.45) is 2.09. The van der Waals surface area contributed by atoms with Crippen molar-refractivity contribution in [2.75, 3.05) is 20.2 Å². The molecule has 4 nitrogen and oxygen atoms in total. The van der Waals surface area contributed by atoms with E-state index in [1.807, 2.05) is 13.8 Å². The van der Waals surface area contributed by atoms with Gasteiger partial charge in [0.15, 0.2) is 0 Å². The summed E-state index contributed by atoms with van der Waals surface area (Å²) in [6.45, 7) is 10.6. The molecule has 0 spiro atoms. The van der Waals surface area contributed by atoms with E-state index >= 15 is 0 Å². The minimum Gasteiger partial charge on any atom is -0.372 e. The smallest absolute Gasteiger partial charge is 0.148 e. The topological polar surface area (TPSA) is 47.0 Å². The van der Waals surface area contributed by atoms with Crippen LogP contribution in [0, 0.1) is 5.92 Å². The van der Waals surface area contributed by atoms with E-state index in [4.69, 9.17) is 4.74 Å². The molecule has 0 aliphatic rings. The van der Waals surface area contributed by atoms with E-state index in [2.05, 4.69) is 29.4 Å². The third-order valence-corrected chi connectivity index (χ3v) is 4.08. The van der Waals surface area contributed by atoms with Crippen LogP contribution in [0.3, 0.4) is 0 Å². The molecule has 0 aliphatic heterocycles. The number of hydrogen-bond donors (Lipinski definition) is 1. The molecule has 18 heavy (non-hydrogen) atoms. The molecule has 104 valence electrons. The number of rotatable bonds is 8. The van der Waals surface area contributed by atoms with Gasteiger partial charge in [0, 0.05) is 13.5 Å². The fourth-order valence-corrected chi connectivity index (χ4v) is 2.40. The minimum absolute atomic E-state index is 0.328. The van der Waals surface area contributed by atoms with Gasteiger partial charge in [0.05, 0.1) is 0 Å². The lowest BCUT2D eigenvalue weighted by atomic mass is 10.1. The van der Waals surface area contributed by atoms with Crippen LogP contribution in [-0.4, -0.2) is 30.4 Å². The Morgan fingerprint density at radius 1 is 1.33 bits per heavy atom. The van der Waals surface area contributed by atoms with Gasteiger partial charge in [-0.1, -0.05) is 25.2 Å². The van der Waals surface area contributed by atoms with E-state index in [1.54, 1.807) is 18.4 Å². The molecule has 1 aromatic heterocycles. The highest BCUT2D eigenvalue weighted by atomic mass is 32.1. The van der Waals surface area contributed by atoms with E-state index in [0.29, 0.717) is 5.92 Å². The first-order valence-corrected chi connectivity index (χ1v) is 7.36. The lowest BCUT2D eigenvalue weighted by Gasteiger charge is -2.18. The summed E-state index contributed by atoms with van der Waals surface area (Å²) in [4.78, 5) is 0. The van der Waals surface area contributed by atoms with Crippen molar-refractivity contribution < 1.29 is 4.74 Å². The molecule has 1 heterocycles. The molecule has 1 aromatic rings. The molecule has 0 unspecified atom stereocenters. The van der Waals surface area contributed by atoms with Crippen LogP contribution >= 0.6 is 11.3 Å². The molecule has 0 atom stereocenters. The van der Waals surface area contributed by atoms with Crippen molar-refractivity contribution in [1.82, 2.24) is 15.5 Å². The Labute approximate surface area is 114 Å². The molecular formula is C13H25N3OS. The quantitative estimate of drug-likeness (QED) is 0.738. The lowest BCUT2D eigenvalue weighted by molar-refractivity contribution is 0.0185. The maximum Gasteiger partial charge on any atom is 0.148 e. The average molecular weight is 271 g/mol. The van der Waals surface area contributed by atoms with Gasteiger partial charge in [-0.15, -0.1) is 10.2 Å². The van der Waals surface area contributed by atoms with E-state index < -0.39 is 0 Å². The molecule has 0 saturated heterocycles. The molecule has 1 N–H and O–H groups in total. The summed E-state index contributed by atoms with van der Waals surface area (Å²) >= 11 is 1.65. The number of hydrogen-bond acceptors (Lipinski definition) is 5. The van der Waals surface area contributed by atoms with E-state index in [0.717, 1.165) is 35.9 Å². The predicted octanol–water partition coefficient (Wildman–Crippen LogP) is 2.60. The second-order valence-electron chi connectivity index (χ2n) is 5.42. The molecular weight excluding hydrogens is 246 g/mol. The van der Waals surface area contributed by atoms with Gasteiger partial charge < -0.3 is 10.1 Å². The normalized spacial score (nSPS) is 12.3. The fraction of sp³-hybridized carbons (Fsp3) is 0.846. The van der Waals surface area contributed by atoms with Gasteiger partial charge in [-0.05, 0) is 39.3 Å². The molecule has 1 rings (SSSR count).